The second-order valence-electron chi connectivity index (χ2n) is 5.89. The van der Waals surface area contributed by atoms with Gasteiger partial charge in [0.05, 0.1) is 11.4 Å². The molecule has 0 aliphatic rings. The highest BCUT2D eigenvalue weighted by molar-refractivity contribution is 9.10. The fraction of sp³-hybridized carbons (Fsp3) is 0.222. The van der Waals surface area contributed by atoms with E-state index >= 15 is 0 Å². The van der Waals surface area contributed by atoms with Gasteiger partial charge in [0.15, 0.2) is 5.82 Å². The highest BCUT2D eigenvalue weighted by Crippen LogP contribution is 2.28. The van der Waals surface area contributed by atoms with Crippen molar-refractivity contribution in [1.82, 2.24) is 20.2 Å². The van der Waals surface area contributed by atoms with E-state index in [1.165, 1.54) is 11.8 Å². The summed E-state index contributed by atoms with van der Waals surface area (Å²) in [7, 11) is 0. The molecule has 0 aliphatic carbocycles. The molecule has 1 N–H and O–H groups in total. The molecule has 0 saturated carbocycles. The van der Waals surface area contributed by atoms with Crippen molar-refractivity contribution in [2.45, 2.75) is 25.7 Å². The molecule has 0 bridgehead atoms. The van der Waals surface area contributed by atoms with E-state index in [0.717, 1.165) is 26.2 Å². The number of hydrogen-bond donors (Lipinski definition) is 1. The summed E-state index contributed by atoms with van der Waals surface area (Å²) in [6, 6.07) is 11.6. The summed E-state index contributed by atoms with van der Waals surface area (Å²) in [6.07, 6.45) is 0. The van der Waals surface area contributed by atoms with Gasteiger partial charge in [-0.3, -0.25) is 4.79 Å². The number of rotatable bonds is 5. The van der Waals surface area contributed by atoms with Crippen LogP contribution in [-0.2, 0) is 4.79 Å². The van der Waals surface area contributed by atoms with Gasteiger partial charge in [-0.25, -0.2) is 0 Å². The molecule has 134 valence electrons. The maximum absolute atomic E-state index is 12.3. The predicted octanol–water partition coefficient (Wildman–Crippen LogP) is 4.08. The van der Waals surface area contributed by atoms with Gasteiger partial charge in [-0.1, -0.05) is 22.0 Å². The Kier molecular flexibility index (Phi) is 5.73. The zero-order valence-corrected chi connectivity index (χ0v) is 17.1. The molecule has 2 aromatic carbocycles. The first-order valence-electron chi connectivity index (χ1n) is 7.99. The number of nitrogens with one attached hydrogen (secondary N) is 1. The second-order valence-corrected chi connectivity index (χ2v) is 7.76. The number of anilines is 1. The molecule has 0 fully saturated rings. The van der Waals surface area contributed by atoms with Crippen molar-refractivity contribution in [3.8, 4) is 5.69 Å². The number of carbonyl (C=O) groups excluding carboxylic acids is 1. The quantitative estimate of drug-likeness (QED) is 0.616. The SMILES string of the molecule is Cc1cc(SCC(=O)Nc2cccc(-n3nnnc3C)c2)c(C)cc1Br. The van der Waals surface area contributed by atoms with Crippen molar-refractivity contribution >= 4 is 39.3 Å². The van der Waals surface area contributed by atoms with Crippen LogP contribution in [-0.4, -0.2) is 31.9 Å². The smallest absolute Gasteiger partial charge is 0.234 e. The normalized spacial score (nSPS) is 10.8. The Morgan fingerprint density at radius 3 is 2.73 bits per heavy atom. The van der Waals surface area contributed by atoms with Gasteiger partial charge in [-0.2, -0.15) is 4.68 Å². The third kappa shape index (κ3) is 4.31. The molecule has 26 heavy (non-hydrogen) atoms. The summed E-state index contributed by atoms with van der Waals surface area (Å²) in [5.74, 6) is 0.974. The van der Waals surface area contributed by atoms with Gasteiger partial charge >= 0.3 is 0 Å². The third-order valence-corrected chi connectivity index (χ3v) is 5.83. The summed E-state index contributed by atoms with van der Waals surface area (Å²) >= 11 is 5.06. The number of aromatic nitrogens is 4. The van der Waals surface area contributed by atoms with Gasteiger partial charge in [0.25, 0.3) is 0 Å². The Balaban J connectivity index is 1.66. The van der Waals surface area contributed by atoms with Crippen molar-refractivity contribution in [1.29, 1.82) is 0 Å². The fourth-order valence-corrected chi connectivity index (χ4v) is 3.80. The number of nitrogens with zero attached hydrogens (tertiary/aromatic N) is 4. The average Bonchev–Trinajstić information content (AvgIpc) is 3.03. The van der Waals surface area contributed by atoms with Crippen molar-refractivity contribution < 1.29 is 4.79 Å². The summed E-state index contributed by atoms with van der Waals surface area (Å²) in [5.41, 5.74) is 3.82. The molecule has 0 atom stereocenters. The summed E-state index contributed by atoms with van der Waals surface area (Å²) < 4.78 is 2.71. The number of amides is 1. The number of benzene rings is 2. The van der Waals surface area contributed by atoms with E-state index in [1.807, 2.05) is 45.0 Å². The van der Waals surface area contributed by atoms with Gasteiger partial charge in [0.2, 0.25) is 5.91 Å². The minimum atomic E-state index is -0.0550. The van der Waals surface area contributed by atoms with Crippen LogP contribution in [0, 0.1) is 20.8 Å². The van der Waals surface area contributed by atoms with Gasteiger partial charge in [0.1, 0.15) is 0 Å². The Morgan fingerprint density at radius 1 is 1.19 bits per heavy atom. The van der Waals surface area contributed by atoms with Crippen LogP contribution in [0.5, 0.6) is 0 Å². The largest absolute Gasteiger partial charge is 0.325 e. The lowest BCUT2D eigenvalue weighted by atomic mass is 10.2. The van der Waals surface area contributed by atoms with Gasteiger partial charge in [0, 0.05) is 15.1 Å². The molecule has 0 aliphatic heterocycles. The standard InChI is InChI=1S/C18H18BrN5OS/c1-11-8-17(12(2)7-16(11)19)26-10-18(25)20-14-5-4-6-15(9-14)24-13(3)21-22-23-24/h4-9H,10H2,1-3H3,(H,20,25). The predicted molar refractivity (Wildman–Crippen MR) is 107 cm³/mol. The lowest BCUT2D eigenvalue weighted by Crippen LogP contribution is -2.14. The zero-order chi connectivity index (χ0) is 18.7. The van der Waals surface area contributed by atoms with Gasteiger partial charge < -0.3 is 5.32 Å². The molecule has 0 unspecified atom stereocenters. The molecule has 0 saturated heterocycles. The Morgan fingerprint density at radius 2 is 2.00 bits per heavy atom. The lowest BCUT2D eigenvalue weighted by Gasteiger charge is -2.10. The third-order valence-electron chi connectivity index (χ3n) is 3.81. The molecule has 1 amide bonds. The average molecular weight is 432 g/mol. The van der Waals surface area contributed by atoms with Gasteiger partial charge in [-0.15, -0.1) is 16.9 Å². The maximum Gasteiger partial charge on any atom is 0.234 e. The number of hydrogen-bond acceptors (Lipinski definition) is 5. The van der Waals surface area contributed by atoms with E-state index in [4.69, 9.17) is 0 Å². The van der Waals surface area contributed by atoms with Crippen molar-refractivity contribution in [2.24, 2.45) is 0 Å². The van der Waals surface area contributed by atoms with Crippen molar-refractivity contribution in [3.63, 3.8) is 0 Å². The minimum Gasteiger partial charge on any atom is -0.325 e. The van der Waals surface area contributed by atoms with Crippen LogP contribution in [0.25, 0.3) is 5.69 Å². The molecule has 1 aromatic heterocycles. The maximum atomic E-state index is 12.3. The van der Waals surface area contributed by atoms with Crippen LogP contribution in [0.2, 0.25) is 0 Å². The van der Waals surface area contributed by atoms with E-state index in [-0.39, 0.29) is 5.91 Å². The second kappa shape index (κ2) is 8.01. The Bertz CT molecular complexity index is 957. The highest BCUT2D eigenvalue weighted by Gasteiger charge is 2.09. The van der Waals surface area contributed by atoms with Crippen LogP contribution >= 0.6 is 27.7 Å². The molecule has 3 aromatic rings. The number of halogens is 1. The van der Waals surface area contributed by atoms with Crippen molar-refractivity contribution in [2.75, 3.05) is 11.1 Å². The number of tetrazole rings is 1. The number of thioether (sulfide) groups is 1. The van der Waals surface area contributed by atoms with Gasteiger partial charge in [-0.05, 0) is 72.7 Å². The molecular formula is C18H18BrN5OS. The van der Waals surface area contributed by atoms with Crippen LogP contribution in [0.4, 0.5) is 5.69 Å². The molecular weight excluding hydrogens is 414 g/mol. The monoisotopic (exact) mass is 431 g/mol. The van der Waals surface area contributed by atoms with E-state index in [2.05, 4.69) is 48.9 Å². The van der Waals surface area contributed by atoms with E-state index in [1.54, 1.807) is 4.68 Å². The minimum absolute atomic E-state index is 0.0550. The van der Waals surface area contributed by atoms with Crippen LogP contribution < -0.4 is 5.32 Å². The van der Waals surface area contributed by atoms with E-state index in [9.17, 15) is 4.79 Å². The van der Waals surface area contributed by atoms with Crippen LogP contribution in [0.15, 0.2) is 45.8 Å². The molecule has 0 spiro atoms. The van der Waals surface area contributed by atoms with E-state index < -0.39 is 0 Å². The summed E-state index contributed by atoms with van der Waals surface area (Å²) in [4.78, 5) is 13.4. The summed E-state index contributed by atoms with van der Waals surface area (Å²) in [6.45, 7) is 5.91. The van der Waals surface area contributed by atoms with Crippen LogP contribution in [0.3, 0.4) is 0 Å². The Hall–Kier alpha value is -2.19. The van der Waals surface area contributed by atoms with Crippen LogP contribution in [0.1, 0.15) is 17.0 Å². The number of carbonyl (C=O) groups is 1. The number of aryl methyl sites for hydroxylation is 3. The molecule has 1 heterocycles. The topological polar surface area (TPSA) is 72.7 Å². The first-order chi connectivity index (χ1) is 12.4. The van der Waals surface area contributed by atoms with Crippen molar-refractivity contribution in [3.05, 3.63) is 57.8 Å². The Labute approximate surface area is 164 Å². The lowest BCUT2D eigenvalue weighted by molar-refractivity contribution is -0.113. The van der Waals surface area contributed by atoms with E-state index in [0.29, 0.717) is 17.3 Å². The fourth-order valence-electron chi connectivity index (χ4n) is 2.44. The summed E-state index contributed by atoms with van der Waals surface area (Å²) in [5, 5.41) is 14.4. The molecule has 6 nitrogen and oxygen atoms in total. The molecule has 8 heteroatoms. The molecule has 0 radical (unpaired) electrons. The first-order valence-corrected chi connectivity index (χ1v) is 9.76. The molecule has 3 rings (SSSR count). The highest BCUT2D eigenvalue weighted by atomic mass is 79.9. The zero-order valence-electron chi connectivity index (χ0n) is 14.7. The first kappa shape index (κ1) is 18.6.